The van der Waals surface area contributed by atoms with Crippen molar-refractivity contribution in [2.75, 3.05) is 0 Å². The van der Waals surface area contributed by atoms with Crippen LogP contribution in [0.15, 0.2) is 18.2 Å². The van der Waals surface area contributed by atoms with Crippen molar-refractivity contribution in [2.24, 2.45) is 17.2 Å². The van der Waals surface area contributed by atoms with Gasteiger partial charge in [0, 0.05) is 5.56 Å². The zero-order valence-electron chi connectivity index (χ0n) is 11.5. The Kier molecular flexibility index (Phi) is 3.74. The zero-order chi connectivity index (χ0) is 13.3. The molecular weight excluding hydrogens is 227 g/mol. The van der Waals surface area contributed by atoms with Crippen LogP contribution in [0.1, 0.15) is 50.3 Å². The SMILES string of the molecule is Cc1ccc(F)c(C(NN)C2CCCC2(C)C)c1. The van der Waals surface area contributed by atoms with Crippen LogP contribution in [0.5, 0.6) is 0 Å². The zero-order valence-corrected chi connectivity index (χ0v) is 11.5. The number of hydrogen-bond acceptors (Lipinski definition) is 2. The van der Waals surface area contributed by atoms with Crippen LogP contribution in [0.3, 0.4) is 0 Å². The van der Waals surface area contributed by atoms with Gasteiger partial charge in [0.25, 0.3) is 0 Å². The molecule has 0 saturated heterocycles. The summed E-state index contributed by atoms with van der Waals surface area (Å²) in [7, 11) is 0. The molecule has 2 rings (SSSR count). The standard InChI is InChI=1S/C15H23FN2/c1-10-6-7-13(16)11(9-10)14(18-17)12-5-4-8-15(12,2)3/h6-7,9,12,14,18H,4-5,8,17H2,1-3H3. The molecule has 1 aliphatic carbocycles. The van der Waals surface area contributed by atoms with E-state index in [4.69, 9.17) is 5.84 Å². The highest BCUT2D eigenvalue weighted by Crippen LogP contribution is 2.48. The number of hydrazine groups is 1. The minimum Gasteiger partial charge on any atom is -0.271 e. The summed E-state index contributed by atoms with van der Waals surface area (Å²) >= 11 is 0. The molecule has 0 amide bonds. The van der Waals surface area contributed by atoms with Gasteiger partial charge in [-0.25, -0.2) is 4.39 Å². The van der Waals surface area contributed by atoms with E-state index in [1.807, 2.05) is 13.0 Å². The van der Waals surface area contributed by atoms with Crippen LogP contribution in [-0.2, 0) is 0 Å². The van der Waals surface area contributed by atoms with E-state index < -0.39 is 0 Å². The van der Waals surface area contributed by atoms with Gasteiger partial charge in [-0.1, -0.05) is 38.0 Å². The van der Waals surface area contributed by atoms with Gasteiger partial charge in [0.1, 0.15) is 5.82 Å². The molecule has 1 saturated carbocycles. The Labute approximate surface area is 109 Å². The number of halogens is 1. The number of nitrogens with two attached hydrogens (primary N) is 1. The minimum absolute atomic E-state index is 0.0950. The number of rotatable bonds is 3. The molecule has 1 aliphatic rings. The van der Waals surface area contributed by atoms with E-state index in [-0.39, 0.29) is 17.3 Å². The molecule has 0 radical (unpaired) electrons. The lowest BCUT2D eigenvalue weighted by molar-refractivity contribution is 0.195. The lowest BCUT2D eigenvalue weighted by Gasteiger charge is -2.34. The Morgan fingerprint density at radius 1 is 1.44 bits per heavy atom. The van der Waals surface area contributed by atoms with Crippen molar-refractivity contribution in [3.05, 3.63) is 35.1 Å². The third-order valence-electron chi connectivity index (χ3n) is 4.41. The summed E-state index contributed by atoms with van der Waals surface area (Å²) in [6, 6.07) is 5.15. The topological polar surface area (TPSA) is 38.0 Å². The number of benzene rings is 1. The fraction of sp³-hybridized carbons (Fsp3) is 0.600. The first-order valence-corrected chi connectivity index (χ1v) is 6.68. The molecule has 2 nitrogen and oxygen atoms in total. The molecule has 1 aromatic carbocycles. The van der Waals surface area contributed by atoms with Crippen LogP contribution in [0.25, 0.3) is 0 Å². The third kappa shape index (κ3) is 2.43. The van der Waals surface area contributed by atoms with Gasteiger partial charge in [-0.05, 0) is 37.2 Å². The smallest absolute Gasteiger partial charge is 0.128 e. The molecular formula is C15H23FN2. The second-order valence-corrected chi connectivity index (χ2v) is 6.16. The quantitative estimate of drug-likeness (QED) is 0.637. The maximum Gasteiger partial charge on any atom is 0.128 e. The van der Waals surface area contributed by atoms with Gasteiger partial charge in [-0.3, -0.25) is 11.3 Å². The van der Waals surface area contributed by atoms with E-state index in [0.29, 0.717) is 11.5 Å². The first kappa shape index (κ1) is 13.5. The van der Waals surface area contributed by atoms with Crippen molar-refractivity contribution in [3.8, 4) is 0 Å². The molecule has 0 bridgehead atoms. The largest absolute Gasteiger partial charge is 0.271 e. The molecule has 2 atom stereocenters. The minimum atomic E-state index is -0.161. The highest BCUT2D eigenvalue weighted by Gasteiger charge is 2.40. The van der Waals surface area contributed by atoms with E-state index in [0.717, 1.165) is 12.0 Å². The Morgan fingerprint density at radius 3 is 2.72 bits per heavy atom. The maximum absolute atomic E-state index is 14.0. The van der Waals surface area contributed by atoms with E-state index in [2.05, 4.69) is 19.3 Å². The van der Waals surface area contributed by atoms with Crippen molar-refractivity contribution < 1.29 is 4.39 Å². The summed E-state index contributed by atoms with van der Waals surface area (Å²) in [5, 5.41) is 0. The predicted octanol–water partition coefficient (Wildman–Crippen LogP) is 3.46. The van der Waals surface area contributed by atoms with Crippen LogP contribution in [0, 0.1) is 24.1 Å². The summed E-state index contributed by atoms with van der Waals surface area (Å²) in [5.41, 5.74) is 4.84. The molecule has 3 N–H and O–H groups in total. The number of hydrogen-bond donors (Lipinski definition) is 2. The Balaban J connectivity index is 2.36. The third-order valence-corrected chi connectivity index (χ3v) is 4.41. The Morgan fingerprint density at radius 2 is 2.17 bits per heavy atom. The van der Waals surface area contributed by atoms with Gasteiger partial charge in [0.15, 0.2) is 0 Å². The average molecular weight is 250 g/mol. The average Bonchev–Trinajstić information content (AvgIpc) is 2.65. The van der Waals surface area contributed by atoms with Crippen LogP contribution >= 0.6 is 0 Å². The number of aryl methyl sites for hydroxylation is 1. The lowest BCUT2D eigenvalue weighted by Crippen LogP contribution is -2.38. The van der Waals surface area contributed by atoms with Crippen molar-refractivity contribution in [1.29, 1.82) is 0 Å². The molecule has 0 aliphatic heterocycles. The van der Waals surface area contributed by atoms with Gasteiger partial charge in [0.2, 0.25) is 0 Å². The highest BCUT2D eigenvalue weighted by atomic mass is 19.1. The molecule has 1 fully saturated rings. The Bertz CT molecular complexity index is 429. The van der Waals surface area contributed by atoms with Gasteiger partial charge >= 0.3 is 0 Å². The van der Waals surface area contributed by atoms with Gasteiger partial charge in [-0.2, -0.15) is 0 Å². The van der Waals surface area contributed by atoms with E-state index in [1.165, 1.54) is 18.9 Å². The van der Waals surface area contributed by atoms with E-state index >= 15 is 0 Å². The van der Waals surface area contributed by atoms with Crippen molar-refractivity contribution in [2.45, 2.75) is 46.1 Å². The molecule has 2 unspecified atom stereocenters. The highest BCUT2D eigenvalue weighted by molar-refractivity contribution is 5.28. The molecule has 3 heteroatoms. The maximum atomic E-state index is 14.0. The monoisotopic (exact) mass is 250 g/mol. The Hall–Kier alpha value is -0.930. The second-order valence-electron chi connectivity index (χ2n) is 6.16. The van der Waals surface area contributed by atoms with Crippen molar-refractivity contribution >= 4 is 0 Å². The second kappa shape index (κ2) is 4.98. The van der Waals surface area contributed by atoms with Gasteiger partial charge < -0.3 is 0 Å². The number of nitrogens with one attached hydrogen (secondary N) is 1. The normalized spacial score (nSPS) is 24.2. The first-order valence-electron chi connectivity index (χ1n) is 6.68. The van der Waals surface area contributed by atoms with Gasteiger partial charge in [-0.15, -0.1) is 0 Å². The summed E-state index contributed by atoms with van der Waals surface area (Å²) in [5.74, 6) is 5.93. The fourth-order valence-corrected chi connectivity index (χ4v) is 3.30. The molecule has 18 heavy (non-hydrogen) atoms. The molecule has 1 aromatic rings. The predicted molar refractivity (Wildman–Crippen MR) is 72.3 cm³/mol. The summed E-state index contributed by atoms with van der Waals surface area (Å²) < 4.78 is 14.0. The molecule has 100 valence electrons. The fourth-order valence-electron chi connectivity index (χ4n) is 3.30. The lowest BCUT2D eigenvalue weighted by atomic mass is 9.75. The van der Waals surface area contributed by atoms with Crippen LogP contribution in [-0.4, -0.2) is 0 Å². The first-order chi connectivity index (χ1) is 8.45. The van der Waals surface area contributed by atoms with E-state index in [1.54, 1.807) is 6.07 Å². The molecule has 0 spiro atoms. The summed E-state index contributed by atoms with van der Waals surface area (Å²) in [6.07, 6.45) is 3.49. The van der Waals surface area contributed by atoms with Crippen LogP contribution < -0.4 is 11.3 Å². The summed E-state index contributed by atoms with van der Waals surface area (Å²) in [4.78, 5) is 0. The van der Waals surface area contributed by atoms with Crippen LogP contribution in [0.4, 0.5) is 4.39 Å². The van der Waals surface area contributed by atoms with Crippen molar-refractivity contribution in [1.82, 2.24) is 5.43 Å². The van der Waals surface area contributed by atoms with E-state index in [9.17, 15) is 4.39 Å². The molecule has 0 aromatic heterocycles. The van der Waals surface area contributed by atoms with Crippen molar-refractivity contribution in [3.63, 3.8) is 0 Å². The van der Waals surface area contributed by atoms with Gasteiger partial charge in [0.05, 0.1) is 6.04 Å². The molecule has 0 heterocycles. The van der Waals surface area contributed by atoms with Crippen LogP contribution in [0.2, 0.25) is 0 Å². The summed E-state index contributed by atoms with van der Waals surface area (Å²) in [6.45, 7) is 6.49.